The van der Waals surface area contributed by atoms with E-state index in [1.165, 1.54) is 12.0 Å². The van der Waals surface area contributed by atoms with Crippen LogP contribution >= 0.6 is 0 Å². The normalized spacial score (nSPS) is 25.6. The molecule has 2 nitrogen and oxygen atoms in total. The summed E-state index contributed by atoms with van der Waals surface area (Å²) in [6.07, 6.45) is 4.51. The largest absolute Gasteiger partial charge is 0.328 e. The van der Waals surface area contributed by atoms with E-state index in [9.17, 15) is 0 Å². The summed E-state index contributed by atoms with van der Waals surface area (Å²) in [7, 11) is 0. The van der Waals surface area contributed by atoms with Crippen molar-refractivity contribution in [1.29, 1.82) is 0 Å². The molecule has 1 atom stereocenters. The van der Waals surface area contributed by atoms with Gasteiger partial charge in [-0.25, -0.2) is 0 Å². The monoisotopic (exact) mass is 140 g/mol. The summed E-state index contributed by atoms with van der Waals surface area (Å²) >= 11 is 0. The second-order valence-corrected chi connectivity index (χ2v) is 3.00. The standard InChI is InChI=1S/C8H16N2/c1-7(9)2-3-8-4-5-10-6-8/h3,7,10H,2,4-6,9H2,1H3/b8-3-. The van der Waals surface area contributed by atoms with Crippen molar-refractivity contribution in [1.82, 2.24) is 5.32 Å². The fourth-order valence-electron chi connectivity index (χ4n) is 1.11. The lowest BCUT2D eigenvalue weighted by Gasteiger charge is -1.99. The van der Waals surface area contributed by atoms with Crippen LogP contribution in [0.25, 0.3) is 0 Å². The third kappa shape index (κ3) is 2.50. The van der Waals surface area contributed by atoms with Gasteiger partial charge in [0.05, 0.1) is 0 Å². The van der Waals surface area contributed by atoms with Gasteiger partial charge in [-0.15, -0.1) is 0 Å². The molecule has 2 heteroatoms. The van der Waals surface area contributed by atoms with Crippen LogP contribution in [-0.4, -0.2) is 19.1 Å². The molecule has 0 aliphatic carbocycles. The van der Waals surface area contributed by atoms with Crippen molar-refractivity contribution in [2.24, 2.45) is 5.73 Å². The Bertz CT molecular complexity index is 119. The second-order valence-electron chi connectivity index (χ2n) is 3.00. The lowest BCUT2D eigenvalue weighted by atomic mass is 10.1. The van der Waals surface area contributed by atoms with Gasteiger partial charge in [-0.1, -0.05) is 11.6 Å². The van der Waals surface area contributed by atoms with Gasteiger partial charge in [-0.2, -0.15) is 0 Å². The van der Waals surface area contributed by atoms with Crippen molar-refractivity contribution in [2.75, 3.05) is 13.1 Å². The Hall–Kier alpha value is -0.340. The van der Waals surface area contributed by atoms with Gasteiger partial charge in [0.2, 0.25) is 0 Å². The summed E-state index contributed by atoms with van der Waals surface area (Å²) in [5.74, 6) is 0. The third-order valence-corrected chi connectivity index (χ3v) is 1.75. The average Bonchev–Trinajstić information content (AvgIpc) is 2.34. The summed E-state index contributed by atoms with van der Waals surface area (Å²) in [6.45, 7) is 4.26. The van der Waals surface area contributed by atoms with Gasteiger partial charge < -0.3 is 11.1 Å². The highest BCUT2D eigenvalue weighted by Gasteiger charge is 2.04. The summed E-state index contributed by atoms with van der Waals surface area (Å²) in [5, 5.41) is 3.29. The maximum atomic E-state index is 5.61. The Morgan fingerprint density at radius 2 is 2.60 bits per heavy atom. The van der Waals surface area contributed by atoms with Gasteiger partial charge in [-0.05, 0) is 26.3 Å². The van der Waals surface area contributed by atoms with Crippen molar-refractivity contribution < 1.29 is 0 Å². The minimum Gasteiger partial charge on any atom is -0.328 e. The number of rotatable bonds is 2. The predicted octanol–water partition coefficient (Wildman–Crippen LogP) is 0.643. The lowest BCUT2D eigenvalue weighted by Crippen LogP contribution is -2.13. The molecular formula is C8H16N2. The highest BCUT2D eigenvalue weighted by atomic mass is 14.9. The molecule has 1 unspecified atom stereocenters. The molecule has 0 aromatic heterocycles. The molecule has 1 aliphatic rings. The van der Waals surface area contributed by atoms with Crippen molar-refractivity contribution >= 4 is 0 Å². The molecular weight excluding hydrogens is 124 g/mol. The molecule has 10 heavy (non-hydrogen) atoms. The molecule has 0 amide bonds. The van der Waals surface area contributed by atoms with Crippen LogP contribution in [0.3, 0.4) is 0 Å². The van der Waals surface area contributed by atoms with Crippen LogP contribution < -0.4 is 11.1 Å². The predicted molar refractivity (Wildman–Crippen MR) is 43.8 cm³/mol. The molecule has 3 N–H and O–H groups in total. The molecule has 0 spiro atoms. The van der Waals surface area contributed by atoms with Gasteiger partial charge in [0.1, 0.15) is 0 Å². The fourth-order valence-corrected chi connectivity index (χ4v) is 1.11. The Morgan fingerprint density at radius 3 is 3.10 bits per heavy atom. The van der Waals surface area contributed by atoms with Crippen molar-refractivity contribution in [3.05, 3.63) is 11.6 Å². The van der Waals surface area contributed by atoms with Crippen LogP contribution in [0.1, 0.15) is 19.8 Å². The molecule has 1 saturated heterocycles. The van der Waals surface area contributed by atoms with Gasteiger partial charge in [0.15, 0.2) is 0 Å². The molecule has 58 valence electrons. The molecule has 0 saturated carbocycles. The first-order valence-electron chi connectivity index (χ1n) is 3.93. The topological polar surface area (TPSA) is 38.0 Å². The van der Waals surface area contributed by atoms with E-state index in [1.54, 1.807) is 0 Å². The van der Waals surface area contributed by atoms with Crippen LogP contribution in [0.4, 0.5) is 0 Å². The fraction of sp³-hybridized carbons (Fsp3) is 0.750. The zero-order valence-corrected chi connectivity index (χ0v) is 6.56. The third-order valence-electron chi connectivity index (χ3n) is 1.75. The summed E-state index contributed by atoms with van der Waals surface area (Å²) < 4.78 is 0. The van der Waals surface area contributed by atoms with Gasteiger partial charge >= 0.3 is 0 Å². The number of nitrogens with two attached hydrogens (primary N) is 1. The maximum absolute atomic E-state index is 5.61. The molecule has 1 fully saturated rings. The van der Waals surface area contributed by atoms with Gasteiger partial charge in [0, 0.05) is 12.6 Å². The second kappa shape index (κ2) is 3.74. The van der Waals surface area contributed by atoms with E-state index in [1.807, 2.05) is 6.92 Å². The van der Waals surface area contributed by atoms with Crippen molar-refractivity contribution in [3.8, 4) is 0 Å². The Morgan fingerprint density at radius 1 is 1.80 bits per heavy atom. The van der Waals surface area contributed by atoms with Crippen LogP contribution in [0.15, 0.2) is 11.6 Å². The molecule has 0 aromatic carbocycles. The van der Waals surface area contributed by atoms with E-state index >= 15 is 0 Å². The Labute approximate surface area is 62.5 Å². The molecule has 1 aliphatic heterocycles. The van der Waals surface area contributed by atoms with Crippen LogP contribution in [0, 0.1) is 0 Å². The highest BCUT2D eigenvalue weighted by molar-refractivity contribution is 5.09. The maximum Gasteiger partial charge on any atom is 0.0165 e. The van der Waals surface area contributed by atoms with E-state index in [0.29, 0.717) is 6.04 Å². The molecule has 1 rings (SSSR count). The lowest BCUT2D eigenvalue weighted by molar-refractivity contribution is 0.752. The Kier molecular flexibility index (Phi) is 2.90. The Balaban J connectivity index is 2.25. The van der Waals surface area contributed by atoms with E-state index in [2.05, 4.69) is 11.4 Å². The SMILES string of the molecule is CC(N)C/C=C1/CCNC1. The molecule has 1 heterocycles. The number of hydrogen-bond donors (Lipinski definition) is 2. The zero-order valence-electron chi connectivity index (χ0n) is 6.56. The summed E-state index contributed by atoms with van der Waals surface area (Å²) in [4.78, 5) is 0. The number of nitrogens with one attached hydrogen (secondary N) is 1. The summed E-state index contributed by atoms with van der Waals surface area (Å²) in [6, 6.07) is 0.313. The van der Waals surface area contributed by atoms with Crippen LogP contribution in [-0.2, 0) is 0 Å². The molecule has 0 radical (unpaired) electrons. The van der Waals surface area contributed by atoms with E-state index in [4.69, 9.17) is 5.73 Å². The van der Waals surface area contributed by atoms with E-state index in [-0.39, 0.29) is 0 Å². The average molecular weight is 140 g/mol. The first-order valence-corrected chi connectivity index (χ1v) is 3.93. The molecule has 0 bridgehead atoms. The zero-order chi connectivity index (χ0) is 7.40. The first-order chi connectivity index (χ1) is 4.79. The van der Waals surface area contributed by atoms with E-state index < -0.39 is 0 Å². The van der Waals surface area contributed by atoms with Crippen LogP contribution in [0.2, 0.25) is 0 Å². The first kappa shape index (κ1) is 7.76. The highest BCUT2D eigenvalue weighted by Crippen LogP contribution is 2.06. The van der Waals surface area contributed by atoms with Crippen molar-refractivity contribution in [2.45, 2.75) is 25.8 Å². The van der Waals surface area contributed by atoms with Crippen LogP contribution in [0.5, 0.6) is 0 Å². The summed E-state index contributed by atoms with van der Waals surface area (Å²) in [5.41, 5.74) is 7.13. The molecule has 0 aromatic rings. The van der Waals surface area contributed by atoms with Gasteiger partial charge in [0.25, 0.3) is 0 Å². The smallest absolute Gasteiger partial charge is 0.0165 e. The van der Waals surface area contributed by atoms with Gasteiger partial charge in [-0.3, -0.25) is 0 Å². The minimum atomic E-state index is 0.313. The van der Waals surface area contributed by atoms with Crippen molar-refractivity contribution in [3.63, 3.8) is 0 Å². The number of hydrogen-bond acceptors (Lipinski definition) is 2. The minimum absolute atomic E-state index is 0.313. The van der Waals surface area contributed by atoms with E-state index in [0.717, 1.165) is 19.5 Å². The quantitative estimate of drug-likeness (QED) is 0.552.